The second-order valence-corrected chi connectivity index (χ2v) is 3.99. The zero-order valence-corrected chi connectivity index (χ0v) is 11.0. The first-order chi connectivity index (χ1) is 9.06. The fraction of sp³-hybridized carbons (Fsp3) is 0.583. The highest BCUT2D eigenvalue weighted by Gasteiger charge is 2.28. The molecule has 0 unspecified atom stereocenters. The summed E-state index contributed by atoms with van der Waals surface area (Å²) in [7, 11) is 0. The molecule has 114 valence electrons. The standard InChI is InChI=1S/C10H15NO2.C2HF3O2/c1-4-6-12-8-10(3,11)9-13-7-5-2;3-2(4,5)1(6)7/h1-2H,6-9,11H2,3H3;(H,6,7). The van der Waals surface area contributed by atoms with Crippen LogP contribution in [0.3, 0.4) is 0 Å². The van der Waals surface area contributed by atoms with Gasteiger partial charge in [0, 0.05) is 0 Å². The number of terminal acetylenes is 2. The summed E-state index contributed by atoms with van der Waals surface area (Å²) in [6.45, 7) is 3.49. The average Bonchev–Trinajstić information content (AvgIpc) is 2.29. The third-order valence-electron chi connectivity index (χ3n) is 1.50. The van der Waals surface area contributed by atoms with Gasteiger partial charge in [-0.2, -0.15) is 13.2 Å². The molecule has 0 aromatic rings. The topological polar surface area (TPSA) is 86.2 Å². The van der Waals surface area contributed by atoms with Gasteiger partial charge in [0.1, 0.15) is 37.9 Å². The predicted molar refractivity (Wildman–Crippen MR) is 61.7 cm³/mol. The normalized spacial score (nSPS) is 10.8. The van der Waals surface area contributed by atoms with Gasteiger partial charge in [-0.05, 0) is 6.92 Å². The first-order valence-electron chi connectivity index (χ1n) is 5.23. The van der Waals surface area contributed by atoms with Crippen molar-refractivity contribution in [3.8, 4) is 24.7 Å². The van der Waals surface area contributed by atoms with E-state index in [1.807, 2.05) is 6.92 Å². The molecule has 0 atom stereocenters. The number of rotatable bonds is 6. The number of aliphatic carboxylic acids is 1. The number of hydrogen-bond acceptors (Lipinski definition) is 4. The zero-order chi connectivity index (χ0) is 16.2. The summed E-state index contributed by atoms with van der Waals surface area (Å²) in [6, 6.07) is 0. The van der Waals surface area contributed by atoms with Gasteiger partial charge in [-0.15, -0.1) is 12.8 Å². The number of carbonyl (C=O) groups is 1. The van der Waals surface area contributed by atoms with Crippen LogP contribution in [-0.4, -0.2) is 44.1 Å². The minimum atomic E-state index is -5.19. The van der Waals surface area contributed by atoms with Gasteiger partial charge in [0.25, 0.3) is 0 Å². The molecular formula is C12H16F3NO4. The molecule has 5 nitrogen and oxygen atoms in total. The van der Waals surface area contributed by atoms with Gasteiger partial charge in [-0.1, -0.05) is 11.8 Å². The number of carbonyl (C=O) groups excluding carboxylic acids is 1. The highest BCUT2D eigenvalue weighted by Crippen LogP contribution is 2.11. The minimum Gasteiger partial charge on any atom is -0.542 e. The Morgan fingerprint density at radius 2 is 1.50 bits per heavy atom. The van der Waals surface area contributed by atoms with Gasteiger partial charge in [0.15, 0.2) is 0 Å². The molecule has 0 bridgehead atoms. The number of carboxylic acids is 1. The maximum Gasteiger partial charge on any atom is 0.430 e. The molecular weight excluding hydrogens is 279 g/mol. The quantitative estimate of drug-likeness (QED) is 0.481. The molecule has 0 fully saturated rings. The Labute approximate surface area is 115 Å². The first-order valence-corrected chi connectivity index (χ1v) is 5.23. The molecule has 0 rings (SSSR count). The summed E-state index contributed by atoms with van der Waals surface area (Å²) >= 11 is 0. The van der Waals surface area contributed by atoms with Gasteiger partial charge < -0.3 is 25.1 Å². The van der Waals surface area contributed by atoms with E-state index in [-0.39, 0.29) is 5.54 Å². The first kappa shape index (κ1) is 20.6. The molecule has 0 spiro atoms. The molecule has 0 aliphatic heterocycles. The molecule has 0 aromatic carbocycles. The van der Waals surface area contributed by atoms with Gasteiger partial charge in [-0.25, -0.2) is 0 Å². The predicted octanol–water partition coefficient (Wildman–Crippen LogP) is -1.41. The van der Waals surface area contributed by atoms with Crippen molar-refractivity contribution in [2.24, 2.45) is 0 Å². The Morgan fingerprint density at radius 1 is 1.20 bits per heavy atom. The molecule has 20 heavy (non-hydrogen) atoms. The largest absolute Gasteiger partial charge is 0.542 e. The maximum absolute atomic E-state index is 10.5. The third kappa shape index (κ3) is 14.3. The maximum atomic E-state index is 10.5. The third-order valence-corrected chi connectivity index (χ3v) is 1.50. The molecule has 0 saturated heterocycles. The number of quaternary nitrogens is 1. The van der Waals surface area contributed by atoms with Crippen LogP contribution in [0.2, 0.25) is 0 Å². The lowest BCUT2D eigenvalue weighted by Gasteiger charge is -2.19. The van der Waals surface area contributed by atoms with Crippen molar-refractivity contribution in [3.05, 3.63) is 0 Å². The highest BCUT2D eigenvalue weighted by molar-refractivity contribution is 5.70. The van der Waals surface area contributed by atoms with Crippen molar-refractivity contribution in [1.82, 2.24) is 0 Å². The van der Waals surface area contributed by atoms with Crippen LogP contribution < -0.4 is 10.8 Å². The molecule has 0 aromatic heterocycles. The molecule has 8 heteroatoms. The molecule has 0 radical (unpaired) electrons. The van der Waals surface area contributed by atoms with Crippen LogP contribution in [0.25, 0.3) is 0 Å². The van der Waals surface area contributed by atoms with Crippen LogP contribution in [0.5, 0.6) is 0 Å². The fourth-order valence-electron chi connectivity index (χ4n) is 0.754. The fourth-order valence-corrected chi connectivity index (χ4v) is 0.754. The van der Waals surface area contributed by atoms with E-state index in [0.29, 0.717) is 26.4 Å². The van der Waals surface area contributed by atoms with Crippen molar-refractivity contribution in [2.75, 3.05) is 26.4 Å². The van der Waals surface area contributed by atoms with E-state index >= 15 is 0 Å². The van der Waals surface area contributed by atoms with Crippen LogP contribution >= 0.6 is 0 Å². The number of ether oxygens (including phenoxy) is 2. The van der Waals surface area contributed by atoms with Crippen molar-refractivity contribution in [3.63, 3.8) is 0 Å². The summed E-state index contributed by atoms with van der Waals surface area (Å²) in [4.78, 5) is 8.78. The van der Waals surface area contributed by atoms with E-state index in [1.165, 1.54) is 0 Å². The van der Waals surface area contributed by atoms with E-state index in [4.69, 9.17) is 32.2 Å². The van der Waals surface area contributed by atoms with Gasteiger partial charge in [0.05, 0.1) is 0 Å². The average molecular weight is 295 g/mol. The zero-order valence-electron chi connectivity index (χ0n) is 11.0. The smallest absolute Gasteiger partial charge is 0.430 e. The van der Waals surface area contributed by atoms with Crippen LogP contribution in [0.15, 0.2) is 0 Å². The number of alkyl halides is 3. The van der Waals surface area contributed by atoms with Gasteiger partial charge in [-0.3, -0.25) is 0 Å². The number of hydrogen-bond donors (Lipinski definition) is 1. The van der Waals surface area contributed by atoms with Crippen molar-refractivity contribution >= 4 is 5.97 Å². The van der Waals surface area contributed by atoms with Crippen molar-refractivity contribution < 1.29 is 38.3 Å². The molecule has 0 amide bonds. The van der Waals surface area contributed by atoms with Gasteiger partial charge >= 0.3 is 6.18 Å². The summed E-state index contributed by atoms with van der Waals surface area (Å²) in [5, 5.41) is 8.78. The minimum absolute atomic E-state index is 0.284. The van der Waals surface area contributed by atoms with Crippen molar-refractivity contribution in [2.45, 2.75) is 18.6 Å². The Kier molecular flexibility index (Phi) is 10.4. The lowest BCUT2D eigenvalue weighted by atomic mass is 10.1. The van der Waals surface area contributed by atoms with E-state index in [1.54, 1.807) is 0 Å². The Bertz CT molecular complexity index is 344. The van der Waals surface area contributed by atoms with E-state index in [0.717, 1.165) is 0 Å². The van der Waals surface area contributed by atoms with E-state index < -0.39 is 12.1 Å². The summed E-state index contributed by atoms with van der Waals surface area (Å²) in [5.41, 5.74) is 3.64. The molecule has 0 aliphatic carbocycles. The lowest BCUT2D eigenvalue weighted by molar-refractivity contribution is -0.485. The number of carboxylic acid groups (broad SMARTS) is 1. The monoisotopic (exact) mass is 295 g/mol. The van der Waals surface area contributed by atoms with Gasteiger partial charge in [0.2, 0.25) is 0 Å². The molecule has 0 aliphatic rings. The SMILES string of the molecule is C#CCOCC(C)([NH3+])COCC#C.O=C([O-])C(F)(F)F. The van der Waals surface area contributed by atoms with Crippen molar-refractivity contribution in [1.29, 1.82) is 0 Å². The Hall–Kier alpha value is -1.74. The van der Waals surface area contributed by atoms with E-state index in [9.17, 15) is 13.2 Å². The number of halogens is 3. The lowest BCUT2D eigenvalue weighted by Crippen LogP contribution is -2.75. The Balaban J connectivity index is 0. The summed E-state index contributed by atoms with van der Waals surface area (Å²) < 4.78 is 41.8. The van der Waals surface area contributed by atoms with Crippen LogP contribution in [0.4, 0.5) is 13.2 Å². The second-order valence-electron chi connectivity index (χ2n) is 3.99. The summed E-state index contributed by atoms with van der Waals surface area (Å²) in [5.74, 6) is 1.76. The van der Waals surface area contributed by atoms with E-state index in [2.05, 4.69) is 17.6 Å². The highest BCUT2D eigenvalue weighted by atomic mass is 19.4. The molecule has 0 saturated carbocycles. The second kappa shape index (κ2) is 10.1. The van der Waals surface area contributed by atoms with Crippen LogP contribution in [0, 0.1) is 24.7 Å². The van der Waals surface area contributed by atoms with Crippen LogP contribution in [-0.2, 0) is 14.3 Å². The van der Waals surface area contributed by atoms with Crippen LogP contribution in [0.1, 0.15) is 6.92 Å². The molecule has 3 N–H and O–H groups in total. The molecule has 0 heterocycles. The Morgan fingerprint density at radius 3 is 1.70 bits per heavy atom. The summed E-state index contributed by atoms with van der Waals surface area (Å²) in [6.07, 6.45) is 4.86.